The summed E-state index contributed by atoms with van der Waals surface area (Å²) in [6, 6.07) is 0. The van der Waals surface area contributed by atoms with Crippen molar-refractivity contribution in [3.63, 3.8) is 0 Å². The number of aliphatic hydroxyl groups excluding tert-OH is 1. The molecule has 19 heteroatoms. The van der Waals surface area contributed by atoms with Gasteiger partial charge in [0, 0.05) is 25.7 Å². The fourth-order valence-corrected chi connectivity index (χ4v) is 12.8. The number of rotatable bonds is 73. The Kier molecular flexibility index (Phi) is 65.3. The van der Waals surface area contributed by atoms with E-state index in [4.69, 9.17) is 37.0 Å². The van der Waals surface area contributed by atoms with Gasteiger partial charge in [0.1, 0.15) is 19.3 Å². The summed E-state index contributed by atoms with van der Waals surface area (Å²) in [5.41, 5.74) is 0. The highest BCUT2D eigenvalue weighted by molar-refractivity contribution is 7.47. The SMILES string of the molecule is CCCCCC/C=C\C=C/CCCCCCCC(=O)O[C@H](COC(=O)CCCCCCCCCCCCCCCCC(C)C)COP(=O)(O)OC[C@@H](O)COP(=O)(O)OC[C@@H](COC(=O)CCCCCCCCC(C)CC)OC(=O)CCCCCCCCCCCCC(C)CC. The third kappa shape index (κ3) is 67.4. The largest absolute Gasteiger partial charge is 0.472 e. The van der Waals surface area contributed by atoms with Gasteiger partial charge in [-0.3, -0.25) is 37.3 Å². The van der Waals surface area contributed by atoms with Crippen molar-refractivity contribution >= 4 is 39.5 Å². The Labute approximate surface area is 586 Å². The Morgan fingerprint density at radius 1 is 0.344 bits per heavy atom. The maximum Gasteiger partial charge on any atom is 0.472 e. The van der Waals surface area contributed by atoms with Gasteiger partial charge in [0.2, 0.25) is 0 Å². The second-order valence-corrected chi connectivity index (χ2v) is 30.9. The third-order valence-electron chi connectivity index (χ3n) is 18.0. The van der Waals surface area contributed by atoms with Gasteiger partial charge in [-0.05, 0) is 69.1 Å². The quantitative estimate of drug-likeness (QED) is 0.0169. The molecular formula is C77H146O17P2. The molecule has 0 aliphatic heterocycles. The molecule has 7 atom stereocenters. The van der Waals surface area contributed by atoms with Gasteiger partial charge in [-0.1, -0.05) is 317 Å². The van der Waals surface area contributed by atoms with Crippen molar-refractivity contribution in [3.05, 3.63) is 24.3 Å². The first-order valence-corrected chi connectivity index (χ1v) is 42.2. The number of ether oxygens (including phenoxy) is 4. The van der Waals surface area contributed by atoms with Gasteiger partial charge < -0.3 is 33.8 Å². The molecule has 0 aromatic rings. The van der Waals surface area contributed by atoms with Crippen LogP contribution in [0.15, 0.2) is 24.3 Å². The van der Waals surface area contributed by atoms with Gasteiger partial charge in [0.15, 0.2) is 12.2 Å². The minimum absolute atomic E-state index is 0.0848. The highest BCUT2D eigenvalue weighted by Crippen LogP contribution is 2.45. The van der Waals surface area contributed by atoms with E-state index in [1.165, 1.54) is 161 Å². The molecule has 0 aliphatic rings. The molecule has 0 radical (unpaired) electrons. The van der Waals surface area contributed by atoms with Gasteiger partial charge >= 0.3 is 39.5 Å². The molecule has 0 aromatic carbocycles. The van der Waals surface area contributed by atoms with E-state index in [1.807, 2.05) is 0 Å². The molecule has 566 valence electrons. The van der Waals surface area contributed by atoms with E-state index in [-0.39, 0.29) is 25.7 Å². The van der Waals surface area contributed by atoms with E-state index < -0.39 is 97.5 Å². The van der Waals surface area contributed by atoms with Crippen LogP contribution in [0, 0.1) is 17.8 Å². The van der Waals surface area contributed by atoms with Crippen LogP contribution in [0.4, 0.5) is 0 Å². The van der Waals surface area contributed by atoms with E-state index in [0.29, 0.717) is 25.7 Å². The van der Waals surface area contributed by atoms with E-state index in [0.717, 1.165) is 127 Å². The molecule has 0 aromatic heterocycles. The summed E-state index contributed by atoms with van der Waals surface area (Å²) < 4.78 is 68.5. The lowest BCUT2D eigenvalue weighted by atomic mass is 9.99. The second kappa shape index (κ2) is 67.1. The van der Waals surface area contributed by atoms with Crippen LogP contribution in [0.2, 0.25) is 0 Å². The molecule has 0 aliphatic carbocycles. The Hall–Kier alpha value is -2.46. The van der Waals surface area contributed by atoms with Crippen LogP contribution in [-0.2, 0) is 65.4 Å². The smallest absolute Gasteiger partial charge is 0.462 e. The Bertz CT molecular complexity index is 1970. The monoisotopic (exact) mass is 1410 g/mol. The lowest BCUT2D eigenvalue weighted by Crippen LogP contribution is -2.30. The van der Waals surface area contributed by atoms with Gasteiger partial charge in [0.25, 0.3) is 0 Å². The number of phosphoric ester groups is 2. The van der Waals surface area contributed by atoms with E-state index in [2.05, 4.69) is 72.8 Å². The average Bonchev–Trinajstić information content (AvgIpc) is 1.10. The lowest BCUT2D eigenvalue weighted by Gasteiger charge is -2.21. The highest BCUT2D eigenvalue weighted by atomic mass is 31.2. The van der Waals surface area contributed by atoms with Crippen LogP contribution >= 0.6 is 15.6 Å². The topological polar surface area (TPSA) is 237 Å². The molecule has 0 saturated heterocycles. The minimum atomic E-state index is -4.97. The standard InChI is InChI=1S/C77H146O17P2/c1-8-11-12-13-14-15-16-17-18-23-26-32-37-46-53-60-76(81)93-72(64-87-74(79)58-51-44-36-31-25-22-20-19-21-24-29-34-41-48-55-68(4)5)66-91-95(83,84)89-62-71(78)63-90-96(85,86)92-67-73(65-88-75(80)59-52-45-40-39-43-50-57-70(7)10-3)94-77(82)61-54-47-38-33-28-27-30-35-42-49-56-69(6)9-2/h15-18,68-73,78H,8-14,19-67H2,1-7H3,(H,83,84)(H,85,86)/b16-15-,18-17-/t69?,70?,71-,72-,73-/m1/s1. The summed E-state index contributed by atoms with van der Waals surface area (Å²) in [6.07, 6.45) is 56.2. The normalized spacial score (nSPS) is 14.8. The summed E-state index contributed by atoms with van der Waals surface area (Å²) in [6.45, 7) is 11.8. The van der Waals surface area contributed by atoms with Crippen molar-refractivity contribution in [1.82, 2.24) is 0 Å². The fourth-order valence-electron chi connectivity index (χ4n) is 11.2. The number of esters is 4. The number of phosphoric acid groups is 2. The molecule has 0 saturated carbocycles. The molecular weight excluding hydrogens is 1260 g/mol. The second-order valence-electron chi connectivity index (χ2n) is 28.0. The van der Waals surface area contributed by atoms with Crippen LogP contribution in [0.1, 0.15) is 370 Å². The van der Waals surface area contributed by atoms with Crippen molar-refractivity contribution < 1.29 is 80.2 Å². The van der Waals surface area contributed by atoms with E-state index >= 15 is 0 Å². The number of allylic oxidation sites excluding steroid dienone is 4. The lowest BCUT2D eigenvalue weighted by molar-refractivity contribution is -0.161. The van der Waals surface area contributed by atoms with Gasteiger partial charge in [0.05, 0.1) is 26.4 Å². The van der Waals surface area contributed by atoms with Crippen LogP contribution in [-0.4, -0.2) is 96.7 Å². The number of aliphatic hydroxyl groups is 1. The Morgan fingerprint density at radius 3 is 0.927 bits per heavy atom. The molecule has 0 bridgehead atoms. The maximum absolute atomic E-state index is 13.1. The highest BCUT2D eigenvalue weighted by Gasteiger charge is 2.30. The minimum Gasteiger partial charge on any atom is -0.462 e. The summed E-state index contributed by atoms with van der Waals surface area (Å²) in [5, 5.41) is 10.6. The first-order valence-electron chi connectivity index (χ1n) is 39.2. The predicted octanol–water partition coefficient (Wildman–Crippen LogP) is 22.1. The molecule has 0 amide bonds. The van der Waals surface area contributed by atoms with Gasteiger partial charge in [-0.2, -0.15) is 0 Å². The van der Waals surface area contributed by atoms with E-state index in [9.17, 15) is 43.2 Å². The Balaban J connectivity index is 5.29. The molecule has 3 N–H and O–H groups in total. The first kappa shape index (κ1) is 93.5. The number of hydrogen-bond acceptors (Lipinski definition) is 15. The molecule has 0 spiro atoms. The van der Waals surface area contributed by atoms with Crippen LogP contribution in [0.3, 0.4) is 0 Å². The Morgan fingerprint density at radius 2 is 0.615 bits per heavy atom. The van der Waals surface area contributed by atoms with Crippen molar-refractivity contribution in [3.8, 4) is 0 Å². The van der Waals surface area contributed by atoms with Crippen LogP contribution in [0.25, 0.3) is 0 Å². The number of carbonyl (C=O) groups excluding carboxylic acids is 4. The number of hydrogen-bond donors (Lipinski definition) is 3. The van der Waals surface area contributed by atoms with Gasteiger partial charge in [-0.15, -0.1) is 0 Å². The molecule has 17 nitrogen and oxygen atoms in total. The van der Waals surface area contributed by atoms with E-state index in [1.54, 1.807) is 0 Å². The summed E-state index contributed by atoms with van der Waals surface area (Å²) in [5.74, 6) is 0.180. The zero-order valence-corrected chi connectivity index (χ0v) is 64.1. The first-order chi connectivity index (χ1) is 46.3. The van der Waals surface area contributed by atoms with Crippen molar-refractivity contribution in [2.24, 2.45) is 17.8 Å². The fraction of sp³-hybridized carbons (Fsp3) is 0.896. The third-order valence-corrected chi connectivity index (χ3v) is 19.9. The van der Waals surface area contributed by atoms with Crippen molar-refractivity contribution in [2.45, 2.75) is 388 Å². The predicted molar refractivity (Wildman–Crippen MR) is 390 cm³/mol. The molecule has 0 fully saturated rings. The summed E-state index contributed by atoms with van der Waals surface area (Å²) >= 11 is 0. The van der Waals surface area contributed by atoms with Crippen molar-refractivity contribution in [2.75, 3.05) is 39.6 Å². The summed E-state index contributed by atoms with van der Waals surface area (Å²) in [4.78, 5) is 72.8. The number of carbonyl (C=O) groups is 4. The van der Waals surface area contributed by atoms with Crippen LogP contribution < -0.4 is 0 Å². The molecule has 4 unspecified atom stereocenters. The zero-order chi connectivity index (χ0) is 70.9. The molecule has 0 heterocycles. The summed E-state index contributed by atoms with van der Waals surface area (Å²) in [7, 11) is -9.93. The van der Waals surface area contributed by atoms with Crippen LogP contribution in [0.5, 0.6) is 0 Å². The zero-order valence-electron chi connectivity index (χ0n) is 62.3. The van der Waals surface area contributed by atoms with Gasteiger partial charge in [-0.25, -0.2) is 9.13 Å². The number of unbranched alkanes of at least 4 members (excludes halogenated alkanes) is 36. The van der Waals surface area contributed by atoms with Crippen molar-refractivity contribution in [1.29, 1.82) is 0 Å². The molecule has 0 rings (SSSR count). The average molecular weight is 1410 g/mol. The maximum atomic E-state index is 13.1. The molecule has 96 heavy (non-hydrogen) atoms.